The number of morpholine rings is 1. The van der Waals surface area contributed by atoms with E-state index in [2.05, 4.69) is 10.2 Å². The van der Waals surface area contributed by atoms with E-state index in [-0.39, 0.29) is 17.9 Å². The van der Waals surface area contributed by atoms with Crippen molar-refractivity contribution in [1.82, 2.24) is 15.1 Å². The molecular formula is C23H27Cl2N3O4. The van der Waals surface area contributed by atoms with E-state index in [1.54, 1.807) is 23.1 Å². The third-order valence-corrected chi connectivity index (χ3v) is 6.41. The molecule has 2 unspecified atom stereocenters. The molecule has 2 atom stereocenters. The molecule has 172 valence electrons. The standard InChI is InChI=1S/C23H27Cl2N3O4/c1-15-4-5-21(32-15)20(27-7-9-31-10-8-27)14-26-22(29)19-3-2-6-28(19)23(30)16-11-17(24)13-18(25)12-16/h4-5,11-13,19-20H,2-3,6-10,14H2,1H3,(H,26,29). The number of nitrogens with zero attached hydrogens (tertiary/aromatic N) is 2. The summed E-state index contributed by atoms with van der Waals surface area (Å²) in [5, 5.41) is 3.84. The Morgan fingerprint density at radius 1 is 1.12 bits per heavy atom. The van der Waals surface area contributed by atoms with E-state index in [1.165, 1.54) is 0 Å². The van der Waals surface area contributed by atoms with Crippen LogP contribution in [0.1, 0.15) is 40.8 Å². The molecule has 1 aromatic carbocycles. The van der Waals surface area contributed by atoms with Crippen molar-refractivity contribution in [3.63, 3.8) is 0 Å². The largest absolute Gasteiger partial charge is 0.465 e. The SMILES string of the molecule is Cc1ccc(C(CNC(=O)C2CCCN2C(=O)c2cc(Cl)cc(Cl)c2)N2CCOCC2)o1. The first-order chi connectivity index (χ1) is 15.4. The van der Waals surface area contributed by atoms with E-state index in [9.17, 15) is 9.59 Å². The van der Waals surface area contributed by atoms with Crippen LogP contribution < -0.4 is 5.32 Å². The van der Waals surface area contributed by atoms with E-state index in [0.29, 0.717) is 48.3 Å². The van der Waals surface area contributed by atoms with Crippen LogP contribution in [-0.2, 0) is 9.53 Å². The maximum absolute atomic E-state index is 13.1. The van der Waals surface area contributed by atoms with Crippen molar-refractivity contribution in [2.45, 2.75) is 31.8 Å². The van der Waals surface area contributed by atoms with Crippen LogP contribution in [0.15, 0.2) is 34.7 Å². The number of carbonyl (C=O) groups excluding carboxylic acids is 2. The van der Waals surface area contributed by atoms with E-state index < -0.39 is 6.04 Å². The van der Waals surface area contributed by atoms with Gasteiger partial charge in [0.05, 0.1) is 19.3 Å². The molecule has 2 amide bonds. The summed E-state index contributed by atoms with van der Waals surface area (Å²) in [5.41, 5.74) is 0.388. The van der Waals surface area contributed by atoms with Crippen LogP contribution in [0.25, 0.3) is 0 Å². The second-order valence-corrected chi connectivity index (χ2v) is 9.05. The predicted molar refractivity (Wildman–Crippen MR) is 122 cm³/mol. The van der Waals surface area contributed by atoms with Crippen LogP contribution >= 0.6 is 23.2 Å². The first kappa shape index (κ1) is 23.1. The molecule has 1 aromatic heterocycles. The van der Waals surface area contributed by atoms with Gasteiger partial charge in [0.25, 0.3) is 5.91 Å². The number of rotatable bonds is 6. The second-order valence-electron chi connectivity index (χ2n) is 8.17. The summed E-state index contributed by atoms with van der Waals surface area (Å²) in [6, 6.07) is 8.01. The summed E-state index contributed by atoms with van der Waals surface area (Å²) >= 11 is 12.1. The number of hydrogen-bond donors (Lipinski definition) is 1. The lowest BCUT2D eigenvalue weighted by atomic mass is 10.1. The van der Waals surface area contributed by atoms with E-state index in [4.69, 9.17) is 32.4 Å². The molecular weight excluding hydrogens is 453 g/mol. The number of benzene rings is 1. The molecule has 3 heterocycles. The molecule has 32 heavy (non-hydrogen) atoms. The van der Waals surface area contributed by atoms with Crippen LogP contribution in [0.2, 0.25) is 10.0 Å². The molecule has 0 aliphatic carbocycles. The molecule has 2 aromatic rings. The Kier molecular flexibility index (Phi) is 7.40. The molecule has 9 heteroatoms. The van der Waals surface area contributed by atoms with Gasteiger partial charge >= 0.3 is 0 Å². The van der Waals surface area contributed by atoms with Crippen LogP contribution in [0.5, 0.6) is 0 Å². The van der Waals surface area contributed by atoms with Gasteiger partial charge in [-0.15, -0.1) is 0 Å². The van der Waals surface area contributed by atoms with E-state index >= 15 is 0 Å². The summed E-state index contributed by atoms with van der Waals surface area (Å²) in [6.45, 7) is 5.66. The highest BCUT2D eigenvalue weighted by Gasteiger charge is 2.35. The number of aryl methyl sites for hydroxylation is 1. The van der Waals surface area contributed by atoms with Crippen molar-refractivity contribution in [2.24, 2.45) is 0 Å². The molecule has 2 aliphatic rings. The first-order valence-electron chi connectivity index (χ1n) is 10.9. The summed E-state index contributed by atoms with van der Waals surface area (Å²) in [4.78, 5) is 30.1. The first-order valence-corrected chi connectivity index (χ1v) is 11.6. The molecule has 0 bridgehead atoms. The fraction of sp³-hybridized carbons (Fsp3) is 0.478. The third-order valence-electron chi connectivity index (χ3n) is 5.97. The van der Waals surface area contributed by atoms with Crippen LogP contribution in [0, 0.1) is 6.92 Å². The minimum Gasteiger partial charge on any atom is -0.465 e. The monoisotopic (exact) mass is 479 g/mol. The molecule has 2 aliphatic heterocycles. The van der Waals surface area contributed by atoms with E-state index in [0.717, 1.165) is 31.0 Å². The lowest BCUT2D eigenvalue weighted by molar-refractivity contribution is -0.125. The van der Waals surface area contributed by atoms with Crippen molar-refractivity contribution >= 4 is 35.0 Å². The summed E-state index contributed by atoms with van der Waals surface area (Å²) in [6.07, 6.45) is 1.39. The van der Waals surface area contributed by atoms with Gasteiger partial charge in [-0.25, -0.2) is 0 Å². The number of ether oxygens (including phenoxy) is 1. The highest BCUT2D eigenvalue weighted by molar-refractivity contribution is 6.35. The predicted octanol–water partition coefficient (Wildman–Crippen LogP) is 3.69. The Labute approximate surface area is 197 Å². The number of likely N-dealkylation sites (tertiary alicyclic amines) is 1. The lowest BCUT2D eigenvalue weighted by Gasteiger charge is -2.34. The summed E-state index contributed by atoms with van der Waals surface area (Å²) < 4.78 is 11.3. The number of nitrogens with one attached hydrogen (secondary N) is 1. The maximum atomic E-state index is 13.1. The average molecular weight is 480 g/mol. The smallest absolute Gasteiger partial charge is 0.254 e. The molecule has 2 fully saturated rings. The fourth-order valence-corrected chi connectivity index (χ4v) is 4.90. The van der Waals surface area contributed by atoms with Gasteiger partial charge in [-0.2, -0.15) is 0 Å². The Morgan fingerprint density at radius 3 is 2.50 bits per heavy atom. The minimum atomic E-state index is -0.524. The molecule has 0 spiro atoms. The molecule has 4 rings (SSSR count). The molecule has 0 radical (unpaired) electrons. The van der Waals surface area contributed by atoms with Crippen molar-refractivity contribution in [1.29, 1.82) is 0 Å². The summed E-state index contributed by atoms with van der Waals surface area (Å²) in [7, 11) is 0. The maximum Gasteiger partial charge on any atom is 0.254 e. The average Bonchev–Trinajstić information content (AvgIpc) is 3.43. The zero-order chi connectivity index (χ0) is 22.7. The summed E-state index contributed by atoms with van der Waals surface area (Å²) in [5.74, 6) is 1.25. The van der Waals surface area contributed by atoms with Crippen molar-refractivity contribution < 1.29 is 18.7 Å². The zero-order valence-electron chi connectivity index (χ0n) is 18.0. The van der Waals surface area contributed by atoms with Crippen LogP contribution in [-0.4, -0.2) is 67.0 Å². The highest BCUT2D eigenvalue weighted by atomic mass is 35.5. The minimum absolute atomic E-state index is 0.0890. The van der Waals surface area contributed by atoms with Crippen LogP contribution in [0.3, 0.4) is 0 Å². The van der Waals surface area contributed by atoms with Gasteiger partial charge in [-0.3, -0.25) is 14.5 Å². The number of furan rings is 1. The normalized spacial score (nSPS) is 20.3. The number of halogens is 2. The Bertz CT molecular complexity index is 954. The molecule has 0 saturated carbocycles. The third kappa shape index (κ3) is 5.29. The van der Waals surface area contributed by atoms with Crippen molar-refractivity contribution in [3.8, 4) is 0 Å². The Balaban J connectivity index is 1.44. The number of carbonyl (C=O) groups is 2. The van der Waals surface area contributed by atoms with Gasteiger partial charge in [0.15, 0.2) is 0 Å². The van der Waals surface area contributed by atoms with Gasteiger partial charge in [-0.1, -0.05) is 23.2 Å². The zero-order valence-corrected chi connectivity index (χ0v) is 19.5. The Hall–Kier alpha value is -2.06. The molecule has 2 saturated heterocycles. The molecule has 1 N–H and O–H groups in total. The number of hydrogen-bond acceptors (Lipinski definition) is 5. The Morgan fingerprint density at radius 2 is 1.84 bits per heavy atom. The fourth-order valence-electron chi connectivity index (χ4n) is 4.37. The number of amides is 2. The topological polar surface area (TPSA) is 75.0 Å². The van der Waals surface area contributed by atoms with Crippen molar-refractivity contribution in [2.75, 3.05) is 39.4 Å². The van der Waals surface area contributed by atoms with E-state index in [1.807, 2.05) is 19.1 Å². The second kappa shape index (κ2) is 10.3. The molecule has 7 nitrogen and oxygen atoms in total. The van der Waals surface area contributed by atoms with Crippen molar-refractivity contribution in [3.05, 3.63) is 57.5 Å². The highest BCUT2D eigenvalue weighted by Crippen LogP contribution is 2.26. The van der Waals surface area contributed by atoms with Gasteiger partial charge in [0.1, 0.15) is 17.6 Å². The van der Waals surface area contributed by atoms with Crippen LogP contribution in [0.4, 0.5) is 0 Å². The van der Waals surface area contributed by atoms with Gasteiger partial charge in [-0.05, 0) is 50.1 Å². The quantitative estimate of drug-likeness (QED) is 0.683. The lowest BCUT2D eigenvalue weighted by Crippen LogP contribution is -2.49. The van der Waals surface area contributed by atoms with Gasteiger partial charge in [0.2, 0.25) is 5.91 Å². The van der Waals surface area contributed by atoms with Gasteiger partial charge in [0, 0.05) is 41.8 Å². The van der Waals surface area contributed by atoms with Gasteiger partial charge < -0.3 is 19.4 Å².